The van der Waals surface area contributed by atoms with Gasteiger partial charge in [-0.3, -0.25) is 0 Å². The Bertz CT molecular complexity index is 717. The molecule has 2 aliphatic rings. The Labute approximate surface area is 138 Å². The van der Waals surface area contributed by atoms with Gasteiger partial charge in [0.1, 0.15) is 0 Å². The number of benzene rings is 2. The summed E-state index contributed by atoms with van der Waals surface area (Å²) in [7, 11) is 0. The molecule has 23 heavy (non-hydrogen) atoms. The van der Waals surface area contributed by atoms with Crippen molar-refractivity contribution in [3.05, 3.63) is 65.2 Å². The SMILES string of the molecule is N#Cc1ccc(N2CCC(c3cc[c]cc3)CC2)cc1C1CC1. The number of hydrogen-bond acceptors (Lipinski definition) is 2. The monoisotopic (exact) mass is 301 g/mol. The maximum absolute atomic E-state index is 9.29. The van der Waals surface area contributed by atoms with Gasteiger partial charge in [0.2, 0.25) is 0 Å². The largest absolute Gasteiger partial charge is 0.371 e. The summed E-state index contributed by atoms with van der Waals surface area (Å²) in [5, 5.41) is 9.29. The fraction of sp³-hybridized carbons (Fsp3) is 0.381. The Morgan fingerprint density at radius 1 is 0.957 bits per heavy atom. The van der Waals surface area contributed by atoms with Crippen molar-refractivity contribution in [2.45, 2.75) is 37.5 Å². The molecule has 0 aromatic heterocycles. The molecule has 2 fully saturated rings. The van der Waals surface area contributed by atoms with Crippen molar-refractivity contribution in [3.63, 3.8) is 0 Å². The van der Waals surface area contributed by atoms with E-state index in [0.29, 0.717) is 11.8 Å². The van der Waals surface area contributed by atoms with E-state index in [4.69, 9.17) is 0 Å². The molecule has 2 aromatic carbocycles. The third-order valence-corrected chi connectivity index (χ3v) is 5.25. The molecule has 1 aliphatic carbocycles. The molecule has 1 heterocycles. The Morgan fingerprint density at radius 2 is 1.70 bits per heavy atom. The molecule has 2 nitrogen and oxygen atoms in total. The number of anilines is 1. The van der Waals surface area contributed by atoms with Gasteiger partial charge in [-0.2, -0.15) is 5.26 Å². The van der Waals surface area contributed by atoms with Crippen LogP contribution in [-0.4, -0.2) is 13.1 Å². The first-order valence-electron chi connectivity index (χ1n) is 8.60. The number of piperidine rings is 1. The van der Waals surface area contributed by atoms with Crippen LogP contribution >= 0.6 is 0 Å². The summed E-state index contributed by atoms with van der Waals surface area (Å²) in [6.45, 7) is 2.19. The summed E-state index contributed by atoms with van der Waals surface area (Å²) in [6, 6.07) is 20.3. The van der Waals surface area contributed by atoms with Crippen LogP contribution in [0.3, 0.4) is 0 Å². The van der Waals surface area contributed by atoms with Crippen LogP contribution in [0.15, 0.2) is 42.5 Å². The average Bonchev–Trinajstić information content (AvgIpc) is 3.47. The van der Waals surface area contributed by atoms with E-state index in [1.54, 1.807) is 0 Å². The van der Waals surface area contributed by atoms with Crippen LogP contribution in [0.4, 0.5) is 5.69 Å². The highest BCUT2D eigenvalue weighted by molar-refractivity contribution is 5.56. The molecule has 1 saturated carbocycles. The van der Waals surface area contributed by atoms with E-state index in [1.807, 2.05) is 18.2 Å². The normalized spacial score (nSPS) is 18.7. The van der Waals surface area contributed by atoms with Crippen LogP contribution in [0.5, 0.6) is 0 Å². The van der Waals surface area contributed by atoms with Crippen LogP contribution in [0, 0.1) is 17.4 Å². The lowest BCUT2D eigenvalue weighted by molar-refractivity contribution is 0.505. The van der Waals surface area contributed by atoms with E-state index in [2.05, 4.69) is 41.3 Å². The summed E-state index contributed by atoms with van der Waals surface area (Å²) in [5.41, 5.74) is 4.88. The Kier molecular flexibility index (Phi) is 3.79. The molecule has 0 amide bonds. The average molecular weight is 301 g/mol. The molecule has 0 atom stereocenters. The Morgan fingerprint density at radius 3 is 2.35 bits per heavy atom. The lowest BCUT2D eigenvalue weighted by Crippen LogP contribution is -2.32. The van der Waals surface area contributed by atoms with Crippen molar-refractivity contribution in [1.82, 2.24) is 0 Å². The summed E-state index contributed by atoms with van der Waals surface area (Å²) in [4.78, 5) is 2.48. The predicted molar refractivity (Wildman–Crippen MR) is 92.6 cm³/mol. The van der Waals surface area contributed by atoms with E-state index < -0.39 is 0 Å². The minimum absolute atomic E-state index is 0.628. The number of nitriles is 1. The Balaban J connectivity index is 1.48. The van der Waals surface area contributed by atoms with Crippen LogP contribution in [-0.2, 0) is 0 Å². The first-order valence-corrected chi connectivity index (χ1v) is 8.60. The highest BCUT2D eigenvalue weighted by Gasteiger charge is 2.27. The topological polar surface area (TPSA) is 27.0 Å². The zero-order valence-corrected chi connectivity index (χ0v) is 13.3. The first-order chi connectivity index (χ1) is 11.3. The summed E-state index contributed by atoms with van der Waals surface area (Å²) in [5.74, 6) is 1.30. The van der Waals surface area contributed by atoms with Crippen LogP contribution in [0.1, 0.15) is 54.2 Å². The van der Waals surface area contributed by atoms with Gasteiger partial charge in [-0.05, 0) is 72.9 Å². The van der Waals surface area contributed by atoms with Crippen molar-refractivity contribution in [1.29, 1.82) is 5.26 Å². The number of rotatable bonds is 3. The zero-order chi connectivity index (χ0) is 15.6. The fourth-order valence-electron chi connectivity index (χ4n) is 3.72. The number of hydrogen-bond donors (Lipinski definition) is 0. The zero-order valence-electron chi connectivity index (χ0n) is 13.3. The third-order valence-electron chi connectivity index (χ3n) is 5.25. The van der Waals surface area contributed by atoms with Gasteiger partial charge in [-0.1, -0.05) is 24.3 Å². The predicted octanol–water partition coefficient (Wildman–Crippen LogP) is 4.62. The maximum Gasteiger partial charge on any atom is 0.0994 e. The minimum Gasteiger partial charge on any atom is -0.371 e. The smallest absolute Gasteiger partial charge is 0.0994 e. The molecule has 4 rings (SSSR count). The molecule has 1 saturated heterocycles. The maximum atomic E-state index is 9.29. The first kappa shape index (κ1) is 14.3. The molecule has 0 unspecified atom stereocenters. The van der Waals surface area contributed by atoms with Gasteiger partial charge in [0.15, 0.2) is 0 Å². The van der Waals surface area contributed by atoms with Gasteiger partial charge < -0.3 is 4.90 Å². The summed E-state index contributed by atoms with van der Waals surface area (Å²) < 4.78 is 0. The minimum atomic E-state index is 0.628. The molecule has 0 spiro atoms. The van der Waals surface area contributed by atoms with E-state index in [-0.39, 0.29) is 0 Å². The molecule has 0 N–H and O–H groups in total. The Hall–Kier alpha value is -2.27. The van der Waals surface area contributed by atoms with E-state index in [9.17, 15) is 5.26 Å². The van der Waals surface area contributed by atoms with Crippen molar-refractivity contribution < 1.29 is 0 Å². The van der Waals surface area contributed by atoms with Crippen molar-refractivity contribution in [2.24, 2.45) is 0 Å². The lowest BCUT2D eigenvalue weighted by Gasteiger charge is -2.34. The molecular formula is C21H21N2. The molecule has 2 heteroatoms. The van der Waals surface area contributed by atoms with E-state index >= 15 is 0 Å². The third kappa shape index (κ3) is 2.97. The number of nitrogens with zero attached hydrogens (tertiary/aromatic N) is 2. The molecule has 115 valence electrons. The highest BCUT2D eigenvalue weighted by atomic mass is 15.1. The molecule has 1 radical (unpaired) electrons. The van der Waals surface area contributed by atoms with Crippen molar-refractivity contribution >= 4 is 5.69 Å². The van der Waals surface area contributed by atoms with Crippen LogP contribution in [0.2, 0.25) is 0 Å². The van der Waals surface area contributed by atoms with E-state index in [1.165, 1.54) is 42.5 Å². The quantitative estimate of drug-likeness (QED) is 0.827. The van der Waals surface area contributed by atoms with Gasteiger partial charge in [0, 0.05) is 18.8 Å². The van der Waals surface area contributed by atoms with Gasteiger partial charge >= 0.3 is 0 Å². The van der Waals surface area contributed by atoms with Gasteiger partial charge in [-0.25, -0.2) is 0 Å². The molecular weight excluding hydrogens is 280 g/mol. The standard InChI is InChI=1S/C21H21N2/c22-15-19-8-9-20(14-21(19)18-6-7-18)23-12-10-17(11-13-23)16-4-2-1-3-5-16/h2-5,8-9,14,17-18H,6-7,10-13H2. The van der Waals surface area contributed by atoms with Gasteiger partial charge in [-0.15, -0.1) is 0 Å². The van der Waals surface area contributed by atoms with E-state index in [0.717, 1.165) is 18.7 Å². The van der Waals surface area contributed by atoms with Crippen molar-refractivity contribution in [2.75, 3.05) is 18.0 Å². The molecule has 0 bridgehead atoms. The summed E-state index contributed by atoms with van der Waals surface area (Å²) in [6.07, 6.45) is 4.88. The highest BCUT2D eigenvalue weighted by Crippen LogP contribution is 2.43. The van der Waals surface area contributed by atoms with Gasteiger partial charge in [0.05, 0.1) is 11.6 Å². The fourth-order valence-corrected chi connectivity index (χ4v) is 3.72. The molecule has 2 aromatic rings. The van der Waals surface area contributed by atoms with Gasteiger partial charge in [0.25, 0.3) is 0 Å². The second-order valence-corrected chi connectivity index (χ2v) is 6.75. The lowest BCUT2D eigenvalue weighted by atomic mass is 9.89. The van der Waals surface area contributed by atoms with Crippen LogP contribution < -0.4 is 4.90 Å². The summed E-state index contributed by atoms with van der Waals surface area (Å²) >= 11 is 0. The molecule has 1 aliphatic heterocycles. The van der Waals surface area contributed by atoms with Crippen LogP contribution in [0.25, 0.3) is 0 Å². The second-order valence-electron chi connectivity index (χ2n) is 6.75. The van der Waals surface area contributed by atoms with Crippen molar-refractivity contribution in [3.8, 4) is 6.07 Å². The second kappa shape index (κ2) is 6.08.